The van der Waals surface area contributed by atoms with E-state index >= 15 is 0 Å². The molecule has 3 nitrogen and oxygen atoms in total. The molecular weight excluding hydrogens is 256 g/mol. The van der Waals surface area contributed by atoms with Gasteiger partial charge in [-0.25, -0.2) is 0 Å². The van der Waals surface area contributed by atoms with Crippen LogP contribution < -0.4 is 10.6 Å². The monoisotopic (exact) mass is 274 g/mol. The second-order valence-corrected chi connectivity index (χ2v) is 4.52. The van der Waals surface area contributed by atoms with Gasteiger partial charge in [-0.05, 0) is 25.6 Å². The number of benzene rings is 1. The molecule has 1 aromatic carbocycles. The third kappa shape index (κ3) is 6.56. The molecule has 96 valence electrons. The summed E-state index contributed by atoms with van der Waals surface area (Å²) in [6.07, 6.45) is 0. The first-order chi connectivity index (χ1) is 7.74. The lowest BCUT2D eigenvalue weighted by Gasteiger charge is -2.06. The normalized spacial score (nSPS) is 9.53. The van der Waals surface area contributed by atoms with Crippen LogP contribution in [0, 0.1) is 6.92 Å². The molecule has 0 aromatic heterocycles. The van der Waals surface area contributed by atoms with Crippen LogP contribution in [0.25, 0.3) is 0 Å². The second-order valence-electron chi connectivity index (χ2n) is 3.51. The van der Waals surface area contributed by atoms with Gasteiger partial charge in [0.15, 0.2) is 0 Å². The Kier molecular flexibility index (Phi) is 8.94. The van der Waals surface area contributed by atoms with E-state index in [1.165, 1.54) is 10.5 Å². The molecular formula is C12H19ClN2OS. The average Bonchev–Trinajstić information content (AvgIpc) is 2.28. The van der Waals surface area contributed by atoms with Gasteiger partial charge in [-0.3, -0.25) is 4.79 Å². The van der Waals surface area contributed by atoms with E-state index in [4.69, 9.17) is 0 Å². The van der Waals surface area contributed by atoms with Crippen molar-refractivity contribution < 1.29 is 4.79 Å². The van der Waals surface area contributed by atoms with Crippen LogP contribution in [0.4, 0.5) is 0 Å². The molecule has 2 N–H and O–H groups in total. The Morgan fingerprint density at radius 1 is 1.29 bits per heavy atom. The van der Waals surface area contributed by atoms with E-state index in [-0.39, 0.29) is 18.3 Å². The Balaban J connectivity index is 0.00000256. The molecule has 0 saturated heterocycles. The molecule has 0 atom stereocenters. The molecule has 1 aromatic rings. The van der Waals surface area contributed by atoms with E-state index < -0.39 is 0 Å². The van der Waals surface area contributed by atoms with Crippen molar-refractivity contribution in [3.8, 4) is 0 Å². The Labute approximate surface area is 113 Å². The largest absolute Gasteiger partial charge is 0.354 e. The van der Waals surface area contributed by atoms with Gasteiger partial charge in [-0.1, -0.05) is 18.2 Å². The summed E-state index contributed by atoms with van der Waals surface area (Å²) >= 11 is 1.58. The zero-order valence-corrected chi connectivity index (χ0v) is 11.8. The summed E-state index contributed by atoms with van der Waals surface area (Å²) in [6, 6.07) is 8.10. The van der Waals surface area contributed by atoms with E-state index in [0.717, 1.165) is 6.54 Å². The Morgan fingerprint density at radius 2 is 2.00 bits per heavy atom. The number of aryl methyl sites for hydroxylation is 1. The van der Waals surface area contributed by atoms with Gasteiger partial charge in [0.1, 0.15) is 0 Å². The fraction of sp³-hybridized carbons (Fsp3) is 0.417. The zero-order chi connectivity index (χ0) is 11.8. The fourth-order valence-corrected chi connectivity index (χ4v) is 2.10. The molecule has 1 rings (SSSR count). The van der Waals surface area contributed by atoms with Crippen molar-refractivity contribution in [1.29, 1.82) is 0 Å². The first kappa shape index (κ1) is 16.3. The molecule has 1 amide bonds. The van der Waals surface area contributed by atoms with Crippen molar-refractivity contribution in [1.82, 2.24) is 10.6 Å². The maximum absolute atomic E-state index is 11.4. The van der Waals surface area contributed by atoms with Crippen molar-refractivity contribution in [2.45, 2.75) is 11.8 Å². The summed E-state index contributed by atoms with van der Waals surface area (Å²) in [4.78, 5) is 12.6. The summed E-state index contributed by atoms with van der Waals surface area (Å²) in [5.74, 6) is 0.567. The summed E-state index contributed by atoms with van der Waals surface area (Å²) < 4.78 is 0. The van der Waals surface area contributed by atoms with Gasteiger partial charge in [0.05, 0.1) is 5.75 Å². The molecule has 0 saturated carbocycles. The number of thioether (sulfide) groups is 1. The van der Waals surface area contributed by atoms with Gasteiger partial charge in [0.25, 0.3) is 0 Å². The molecule has 0 unspecified atom stereocenters. The van der Waals surface area contributed by atoms with E-state index in [2.05, 4.69) is 23.6 Å². The molecule has 0 fully saturated rings. The number of carbonyl (C=O) groups excluding carboxylic acids is 1. The number of likely N-dealkylation sites (N-methyl/N-ethyl adjacent to an activating group) is 1. The highest BCUT2D eigenvalue weighted by Gasteiger charge is 2.03. The third-order valence-electron chi connectivity index (χ3n) is 2.15. The topological polar surface area (TPSA) is 41.1 Å². The molecule has 17 heavy (non-hydrogen) atoms. The van der Waals surface area contributed by atoms with Crippen molar-refractivity contribution in [2.24, 2.45) is 0 Å². The average molecular weight is 275 g/mol. The fourth-order valence-electron chi connectivity index (χ4n) is 1.24. The lowest BCUT2D eigenvalue weighted by molar-refractivity contribution is -0.118. The van der Waals surface area contributed by atoms with Gasteiger partial charge >= 0.3 is 0 Å². The van der Waals surface area contributed by atoms with Gasteiger partial charge < -0.3 is 10.6 Å². The minimum Gasteiger partial charge on any atom is -0.354 e. The van der Waals surface area contributed by atoms with Gasteiger partial charge in [-0.2, -0.15) is 0 Å². The van der Waals surface area contributed by atoms with Crippen LogP contribution in [0.3, 0.4) is 0 Å². The van der Waals surface area contributed by atoms with Crippen LogP contribution in [0.2, 0.25) is 0 Å². The summed E-state index contributed by atoms with van der Waals surface area (Å²) in [5, 5.41) is 5.84. The smallest absolute Gasteiger partial charge is 0.230 e. The van der Waals surface area contributed by atoms with Crippen molar-refractivity contribution in [3.63, 3.8) is 0 Å². The number of carbonyl (C=O) groups is 1. The van der Waals surface area contributed by atoms with Gasteiger partial charge in [-0.15, -0.1) is 24.2 Å². The predicted molar refractivity (Wildman–Crippen MR) is 76.1 cm³/mol. The minimum absolute atomic E-state index is 0. The highest BCUT2D eigenvalue weighted by atomic mass is 35.5. The van der Waals surface area contributed by atoms with E-state index in [1.54, 1.807) is 11.8 Å². The predicted octanol–water partition coefficient (Wildman–Crippen LogP) is 1.84. The Bertz CT molecular complexity index is 347. The Morgan fingerprint density at radius 3 is 2.65 bits per heavy atom. The van der Waals surface area contributed by atoms with Crippen LogP contribution in [-0.2, 0) is 4.79 Å². The van der Waals surface area contributed by atoms with Crippen LogP contribution in [0.15, 0.2) is 29.2 Å². The number of halogens is 1. The van der Waals surface area contributed by atoms with Gasteiger partial charge in [0.2, 0.25) is 5.91 Å². The van der Waals surface area contributed by atoms with Gasteiger partial charge in [0, 0.05) is 18.0 Å². The van der Waals surface area contributed by atoms with Crippen LogP contribution in [0.1, 0.15) is 5.56 Å². The second kappa shape index (κ2) is 9.33. The highest BCUT2D eigenvalue weighted by Crippen LogP contribution is 2.21. The van der Waals surface area contributed by atoms with E-state index in [0.29, 0.717) is 12.3 Å². The molecule has 0 radical (unpaired) electrons. The molecule has 0 aliphatic carbocycles. The number of hydrogen-bond acceptors (Lipinski definition) is 3. The Hall–Kier alpha value is -0.710. The number of rotatable bonds is 6. The summed E-state index contributed by atoms with van der Waals surface area (Å²) in [5.41, 5.74) is 1.22. The maximum Gasteiger partial charge on any atom is 0.230 e. The number of amides is 1. The van der Waals surface area contributed by atoms with E-state index in [9.17, 15) is 4.79 Å². The minimum atomic E-state index is 0. The van der Waals surface area contributed by atoms with Crippen LogP contribution >= 0.6 is 24.2 Å². The zero-order valence-electron chi connectivity index (χ0n) is 10.2. The van der Waals surface area contributed by atoms with Crippen molar-refractivity contribution >= 4 is 30.1 Å². The first-order valence-electron chi connectivity index (χ1n) is 5.33. The summed E-state index contributed by atoms with van der Waals surface area (Å²) in [7, 11) is 1.87. The standard InChI is InChI=1S/C12H18N2OS.ClH/c1-10-5-3-4-6-11(10)16-9-12(15)14-8-7-13-2;/h3-6,13H,7-9H2,1-2H3,(H,14,15);1H. The van der Waals surface area contributed by atoms with Crippen molar-refractivity contribution in [2.75, 3.05) is 25.9 Å². The van der Waals surface area contributed by atoms with Crippen LogP contribution in [-0.4, -0.2) is 31.8 Å². The SMILES string of the molecule is CNCCNC(=O)CSc1ccccc1C.Cl. The molecule has 0 aliphatic heterocycles. The van der Waals surface area contributed by atoms with Crippen LogP contribution in [0.5, 0.6) is 0 Å². The third-order valence-corrected chi connectivity index (χ3v) is 3.33. The highest BCUT2D eigenvalue weighted by molar-refractivity contribution is 8.00. The van der Waals surface area contributed by atoms with E-state index in [1.807, 2.05) is 25.2 Å². The lowest BCUT2D eigenvalue weighted by Crippen LogP contribution is -2.31. The molecule has 5 heteroatoms. The first-order valence-corrected chi connectivity index (χ1v) is 6.32. The maximum atomic E-state index is 11.4. The van der Waals surface area contributed by atoms with Crippen molar-refractivity contribution in [3.05, 3.63) is 29.8 Å². The number of nitrogens with one attached hydrogen (secondary N) is 2. The quantitative estimate of drug-likeness (QED) is 0.614. The molecule has 0 spiro atoms. The molecule has 0 aliphatic rings. The summed E-state index contributed by atoms with van der Waals surface area (Å²) in [6.45, 7) is 3.55. The molecule has 0 bridgehead atoms. The lowest BCUT2D eigenvalue weighted by atomic mass is 10.2. The molecule has 0 heterocycles. The number of hydrogen-bond donors (Lipinski definition) is 2.